The van der Waals surface area contributed by atoms with Crippen molar-refractivity contribution in [3.63, 3.8) is 0 Å². The number of hydrogen-bond acceptors (Lipinski definition) is 3. The molecule has 0 radical (unpaired) electrons. The molecule has 5 heteroatoms. The molecular weight excluding hydrogens is 328 g/mol. The number of aliphatic hydroxyl groups is 1. The molecule has 1 aromatic carbocycles. The lowest BCUT2D eigenvalue weighted by Crippen LogP contribution is -2.73. The Morgan fingerprint density at radius 2 is 2.00 bits per heavy atom. The van der Waals surface area contributed by atoms with E-state index in [4.69, 9.17) is 0 Å². The molecule has 26 heavy (non-hydrogen) atoms. The molecule has 5 nitrogen and oxygen atoms in total. The van der Waals surface area contributed by atoms with E-state index >= 15 is 0 Å². The second-order valence-corrected chi connectivity index (χ2v) is 7.32. The third kappa shape index (κ3) is 3.34. The Kier molecular flexibility index (Phi) is 5.33. The fraction of sp³-hybridized carbons (Fsp3) is 0.524. The number of carbonyl (C=O) groups is 2. The highest BCUT2D eigenvalue weighted by Gasteiger charge is 2.54. The van der Waals surface area contributed by atoms with Crippen molar-refractivity contribution < 1.29 is 14.7 Å². The van der Waals surface area contributed by atoms with Gasteiger partial charge in [0.1, 0.15) is 0 Å². The molecule has 2 amide bonds. The zero-order valence-electron chi connectivity index (χ0n) is 15.6. The van der Waals surface area contributed by atoms with Crippen LogP contribution in [0.5, 0.6) is 0 Å². The molecule has 0 unspecified atom stereocenters. The van der Waals surface area contributed by atoms with Gasteiger partial charge in [0.25, 0.3) is 0 Å². The van der Waals surface area contributed by atoms with Crippen LogP contribution in [0.2, 0.25) is 0 Å². The molecule has 2 aliphatic heterocycles. The van der Waals surface area contributed by atoms with Gasteiger partial charge < -0.3 is 14.9 Å². The first-order valence-electron chi connectivity index (χ1n) is 9.27. The molecule has 2 saturated heterocycles. The van der Waals surface area contributed by atoms with Gasteiger partial charge in [-0.15, -0.1) is 0 Å². The molecule has 3 atom stereocenters. The second-order valence-electron chi connectivity index (χ2n) is 7.32. The van der Waals surface area contributed by atoms with Crippen molar-refractivity contribution in [2.45, 2.75) is 45.2 Å². The van der Waals surface area contributed by atoms with Gasteiger partial charge in [0.2, 0.25) is 11.8 Å². The Hall–Kier alpha value is -2.32. The van der Waals surface area contributed by atoms with Crippen LogP contribution in [-0.4, -0.2) is 58.5 Å². The van der Waals surface area contributed by atoms with Gasteiger partial charge in [-0.25, -0.2) is 0 Å². The maximum atomic E-state index is 12.4. The molecule has 2 aliphatic rings. The number of nitrogens with zero attached hydrogens (tertiary/aromatic N) is 2. The monoisotopic (exact) mass is 354 g/mol. The first-order chi connectivity index (χ1) is 12.5. The summed E-state index contributed by atoms with van der Waals surface area (Å²) < 4.78 is 0. The molecule has 2 fully saturated rings. The molecule has 2 heterocycles. The number of rotatable bonds is 3. The van der Waals surface area contributed by atoms with E-state index in [9.17, 15) is 14.7 Å². The molecule has 0 aromatic heterocycles. The van der Waals surface area contributed by atoms with Crippen molar-refractivity contribution in [1.29, 1.82) is 0 Å². The van der Waals surface area contributed by atoms with Crippen molar-refractivity contribution in [2.24, 2.45) is 5.92 Å². The summed E-state index contributed by atoms with van der Waals surface area (Å²) in [4.78, 5) is 27.9. The Morgan fingerprint density at radius 3 is 2.58 bits per heavy atom. The Bertz CT molecular complexity index is 745. The van der Waals surface area contributed by atoms with Crippen LogP contribution in [0.3, 0.4) is 0 Å². The highest BCUT2D eigenvalue weighted by atomic mass is 16.3. The second kappa shape index (κ2) is 7.51. The van der Waals surface area contributed by atoms with E-state index in [0.717, 1.165) is 11.1 Å². The Balaban J connectivity index is 1.81. The average Bonchev–Trinajstić information content (AvgIpc) is 2.61. The van der Waals surface area contributed by atoms with Crippen LogP contribution in [0.1, 0.15) is 44.2 Å². The van der Waals surface area contributed by atoms with Crippen molar-refractivity contribution in [3.05, 3.63) is 35.4 Å². The number of piperazine rings is 1. The van der Waals surface area contributed by atoms with Crippen molar-refractivity contribution in [2.75, 3.05) is 19.7 Å². The molecule has 1 aromatic rings. The van der Waals surface area contributed by atoms with E-state index in [0.29, 0.717) is 18.9 Å². The van der Waals surface area contributed by atoms with E-state index in [-0.39, 0.29) is 43.0 Å². The van der Waals surface area contributed by atoms with Gasteiger partial charge >= 0.3 is 0 Å². The lowest BCUT2D eigenvalue weighted by atomic mass is 9.73. The van der Waals surface area contributed by atoms with E-state index in [2.05, 4.69) is 25.7 Å². The molecule has 138 valence electrons. The normalized spacial score (nSPS) is 24.7. The Labute approximate surface area is 155 Å². The summed E-state index contributed by atoms with van der Waals surface area (Å²) in [6, 6.07) is 7.76. The Morgan fingerprint density at radius 1 is 1.31 bits per heavy atom. The van der Waals surface area contributed by atoms with Crippen LogP contribution < -0.4 is 0 Å². The fourth-order valence-electron chi connectivity index (χ4n) is 3.93. The van der Waals surface area contributed by atoms with Crippen LogP contribution in [0, 0.1) is 17.8 Å². The summed E-state index contributed by atoms with van der Waals surface area (Å²) in [6.45, 7) is 6.51. The van der Waals surface area contributed by atoms with E-state index in [1.165, 1.54) is 0 Å². The summed E-state index contributed by atoms with van der Waals surface area (Å²) in [5.41, 5.74) is 2.04. The molecule has 0 saturated carbocycles. The summed E-state index contributed by atoms with van der Waals surface area (Å²) >= 11 is 0. The zero-order valence-corrected chi connectivity index (χ0v) is 15.6. The third-order valence-electron chi connectivity index (χ3n) is 5.21. The minimum Gasteiger partial charge on any atom is -0.394 e. The highest BCUT2D eigenvalue weighted by molar-refractivity contribution is 5.87. The molecule has 3 rings (SSSR count). The standard InChI is InChI=1S/C21H26N2O3/c1-4-19(25)22-11-17-21(18(13-24)23(17)20(26)12-22)16-9-7-15(8-10-16)6-5-14(2)3/h7-10,14,17-18,21,24H,4,11-13H2,1-3H3/t17-,18+,21+/m0/s1. The van der Waals surface area contributed by atoms with Crippen LogP contribution in [0.15, 0.2) is 24.3 Å². The van der Waals surface area contributed by atoms with Crippen LogP contribution >= 0.6 is 0 Å². The number of amides is 2. The van der Waals surface area contributed by atoms with Gasteiger partial charge in [-0.2, -0.15) is 0 Å². The van der Waals surface area contributed by atoms with Gasteiger partial charge in [-0.3, -0.25) is 9.59 Å². The number of hydrogen-bond donors (Lipinski definition) is 1. The molecule has 0 bridgehead atoms. The summed E-state index contributed by atoms with van der Waals surface area (Å²) in [5.74, 6) is 6.59. The van der Waals surface area contributed by atoms with Gasteiger partial charge in [-0.05, 0) is 17.7 Å². The van der Waals surface area contributed by atoms with Crippen molar-refractivity contribution in [1.82, 2.24) is 9.80 Å². The summed E-state index contributed by atoms with van der Waals surface area (Å²) in [6.07, 6.45) is 0.400. The molecule has 0 aliphatic carbocycles. The fourth-order valence-corrected chi connectivity index (χ4v) is 3.93. The topological polar surface area (TPSA) is 60.9 Å². The van der Waals surface area contributed by atoms with Crippen LogP contribution in [0.4, 0.5) is 0 Å². The maximum Gasteiger partial charge on any atom is 0.242 e. The SMILES string of the molecule is CCC(=O)N1CC(=O)N2[C@H](CO)[C@H](c3ccc(C#CC(C)C)cc3)[C@@H]2C1. The third-order valence-corrected chi connectivity index (χ3v) is 5.21. The zero-order chi connectivity index (χ0) is 18.8. The van der Waals surface area contributed by atoms with Crippen LogP contribution in [-0.2, 0) is 9.59 Å². The lowest BCUT2D eigenvalue weighted by molar-refractivity contribution is -0.166. The summed E-state index contributed by atoms with van der Waals surface area (Å²) in [7, 11) is 0. The first kappa shape index (κ1) is 18.5. The van der Waals surface area contributed by atoms with Gasteiger partial charge in [0.15, 0.2) is 0 Å². The van der Waals surface area contributed by atoms with E-state index in [1.54, 1.807) is 9.80 Å². The number of benzene rings is 1. The molecular formula is C21H26N2O3. The predicted molar refractivity (Wildman–Crippen MR) is 99.3 cm³/mol. The smallest absolute Gasteiger partial charge is 0.242 e. The van der Waals surface area contributed by atoms with E-state index in [1.807, 2.05) is 31.2 Å². The molecule has 0 spiro atoms. The minimum absolute atomic E-state index is 0.00325. The first-order valence-corrected chi connectivity index (χ1v) is 9.27. The number of carbonyl (C=O) groups excluding carboxylic acids is 2. The van der Waals surface area contributed by atoms with Crippen molar-refractivity contribution in [3.8, 4) is 11.8 Å². The quantitative estimate of drug-likeness (QED) is 0.839. The number of aliphatic hydroxyl groups excluding tert-OH is 1. The van der Waals surface area contributed by atoms with Gasteiger partial charge in [-0.1, -0.05) is 44.7 Å². The summed E-state index contributed by atoms with van der Waals surface area (Å²) in [5, 5.41) is 9.80. The number of fused-ring (bicyclic) bond motifs is 1. The largest absolute Gasteiger partial charge is 0.394 e. The average molecular weight is 354 g/mol. The van der Waals surface area contributed by atoms with Gasteiger partial charge in [0.05, 0.1) is 25.2 Å². The highest BCUT2D eigenvalue weighted by Crippen LogP contribution is 2.42. The minimum atomic E-state index is -0.209. The maximum absolute atomic E-state index is 12.4. The van der Waals surface area contributed by atoms with Crippen LogP contribution in [0.25, 0.3) is 0 Å². The van der Waals surface area contributed by atoms with Crippen molar-refractivity contribution >= 4 is 11.8 Å². The lowest BCUT2D eigenvalue weighted by Gasteiger charge is -2.58. The van der Waals surface area contributed by atoms with Gasteiger partial charge in [0, 0.05) is 30.4 Å². The molecule has 1 N–H and O–H groups in total. The van der Waals surface area contributed by atoms with E-state index < -0.39 is 0 Å². The predicted octanol–water partition coefficient (Wildman–Crippen LogP) is 1.60.